The molecular formula is C20H28N4O2. The second-order valence-corrected chi connectivity index (χ2v) is 7.30. The fraction of sp³-hybridized carbons (Fsp3) is 0.500. The lowest BCUT2D eigenvalue weighted by atomic mass is 9.97. The molecule has 26 heavy (non-hydrogen) atoms. The number of carbonyl (C=O) groups excluding carboxylic acids is 1. The van der Waals surface area contributed by atoms with E-state index in [-0.39, 0.29) is 18.0 Å². The number of likely N-dealkylation sites (tertiary alicyclic amines) is 1. The Morgan fingerprint density at radius 1 is 1.23 bits per heavy atom. The van der Waals surface area contributed by atoms with Gasteiger partial charge in [-0.2, -0.15) is 5.10 Å². The molecule has 0 saturated carbocycles. The highest BCUT2D eigenvalue weighted by Crippen LogP contribution is 2.35. The number of aryl methyl sites for hydroxylation is 3. The highest BCUT2D eigenvalue weighted by atomic mass is 16.3. The molecular weight excluding hydrogens is 328 g/mol. The van der Waals surface area contributed by atoms with Gasteiger partial charge in [0.15, 0.2) is 0 Å². The van der Waals surface area contributed by atoms with Gasteiger partial charge in [0, 0.05) is 44.4 Å². The lowest BCUT2D eigenvalue weighted by Gasteiger charge is -2.27. The van der Waals surface area contributed by atoms with E-state index >= 15 is 0 Å². The largest absolute Gasteiger partial charge is 0.387 e. The van der Waals surface area contributed by atoms with Crippen LogP contribution in [0.3, 0.4) is 0 Å². The molecule has 6 heteroatoms. The lowest BCUT2D eigenvalue weighted by molar-refractivity contribution is -0.127. The van der Waals surface area contributed by atoms with Crippen molar-refractivity contribution < 1.29 is 9.90 Å². The minimum absolute atomic E-state index is 0.0470. The first-order valence-electron chi connectivity index (χ1n) is 9.03. The summed E-state index contributed by atoms with van der Waals surface area (Å²) in [5, 5.41) is 18.4. The molecule has 2 N–H and O–H groups in total. The molecule has 0 bridgehead atoms. The Balaban J connectivity index is 1.77. The van der Waals surface area contributed by atoms with Crippen LogP contribution in [0.25, 0.3) is 0 Å². The van der Waals surface area contributed by atoms with Gasteiger partial charge in [-0.05, 0) is 26.3 Å². The molecule has 0 spiro atoms. The van der Waals surface area contributed by atoms with Crippen molar-refractivity contribution in [3.63, 3.8) is 0 Å². The number of benzene rings is 1. The number of carbonyl (C=O) groups is 1. The van der Waals surface area contributed by atoms with Crippen LogP contribution < -0.4 is 5.32 Å². The van der Waals surface area contributed by atoms with E-state index < -0.39 is 6.10 Å². The summed E-state index contributed by atoms with van der Waals surface area (Å²) >= 11 is 0. The first kappa shape index (κ1) is 18.6. The number of hydrogen-bond acceptors (Lipinski definition) is 4. The molecule has 0 aliphatic carbocycles. The maximum absolute atomic E-state index is 12.3. The minimum atomic E-state index is -0.603. The summed E-state index contributed by atoms with van der Waals surface area (Å²) in [6, 6.07) is 7.77. The zero-order valence-corrected chi connectivity index (χ0v) is 16.2. The second-order valence-electron chi connectivity index (χ2n) is 7.30. The number of nitrogens with zero attached hydrogens (tertiary/aromatic N) is 3. The third-order valence-corrected chi connectivity index (χ3v) is 5.48. The average molecular weight is 356 g/mol. The van der Waals surface area contributed by atoms with Crippen LogP contribution in [0.5, 0.6) is 0 Å². The molecule has 2 heterocycles. The van der Waals surface area contributed by atoms with Gasteiger partial charge in [-0.3, -0.25) is 9.48 Å². The topological polar surface area (TPSA) is 70.4 Å². The summed E-state index contributed by atoms with van der Waals surface area (Å²) in [4.78, 5) is 14.1. The minimum Gasteiger partial charge on any atom is -0.387 e. The molecule has 6 nitrogen and oxygen atoms in total. The van der Waals surface area contributed by atoms with Gasteiger partial charge in [-0.15, -0.1) is 0 Å². The van der Waals surface area contributed by atoms with Crippen molar-refractivity contribution in [2.75, 3.05) is 13.6 Å². The van der Waals surface area contributed by atoms with E-state index in [9.17, 15) is 9.90 Å². The standard InChI is InChI=1S/C20H28N4O2/c1-12-6-8-15(9-7-12)17(25)11-21-16-10-18(26)23(4)20(16)19-13(2)22-24(5)14(19)3/h6-9,16-17,20-21,25H,10-11H2,1-5H3/t16-,17-,20-/m1/s1. The van der Waals surface area contributed by atoms with E-state index in [4.69, 9.17) is 0 Å². The van der Waals surface area contributed by atoms with Gasteiger partial charge in [-0.25, -0.2) is 0 Å². The number of rotatable bonds is 5. The number of aromatic nitrogens is 2. The van der Waals surface area contributed by atoms with Crippen molar-refractivity contribution >= 4 is 5.91 Å². The lowest BCUT2D eigenvalue weighted by Crippen LogP contribution is -2.37. The monoisotopic (exact) mass is 356 g/mol. The molecule has 3 atom stereocenters. The quantitative estimate of drug-likeness (QED) is 0.859. The number of aliphatic hydroxyl groups excluding tert-OH is 1. The van der Waals surface area contributed by atoms with Crippen LogP contribution in [0.1, 0.15) is 46.6 Å². The molecule has 1 aromatic carbocycles. The van der Waals surface area contributed by atoms with E-state index in [0.717, 1.165) is 22.5 Å². The van der Waals surface area contributed by atoms with Gasteiger partial charge in [0.1, 0.15) is 0 Å². The molecule has 1 fully saturated rings. The number of aliphatic hydroxyl groups is 1. The van der Waals surface area contributed by atoms with E-state index in [0.29, 0.717) is 13.0 Å². The van der Waals surface area contributed by atoms with E-state index in [1.807, 2.05) is 63.8 Å². The van der Waals surface area contributed by atoms with E-state index in [1.54, 1.807) is 4.90 Å². The molecule has 2 aromatic rings. The normalized spacial score (nSPS) is 21.5. The number of likely N-dealkylation sites (N-methyl/N-ethyl adjacent to an activating group) is 1. The van der Waals surface area contributed by atoms with Gasteiger partial charge in [0.05, 0.1) is 17.8 Å². The number of nitrogens with one attached hydrogen (secondary N) is 1. The Bertz CT molecular complexity index is 797. The van der Waals surface area contributed by atoms with E-state index in [2.05, 4.69) is 10.4 Å². The van der Waals surface area contributed by atoms with Gasteiger partial charge >= 0.3 is 0 Å². The SMILES string of the molecule is Cc1ccc([C@H](O)CN[C@@H]2CC(=O)N(C)[C@H]2c2c(C)nn(C)c2C)cc1. The first-order chi connectivity index (χ1) is 12.3. The van der Waals surface area contributed by atoms with Crippen LogP contribution in [-0.4, -0.2) is 45.3 Å². The third kappa shape index (κ3) is 3.39. The maximum Gasteiger partial charge on any atom is 0.224 e. The highest BCUT2D eigenvalue weighted by molar-refractivity contribution is 5.80. The summed E-state index contributed by atoms with van der Waals surface area (Å²) in [5.41, 5.74) is 5.16. The fourth-order valence-corrected chi connectivity index (χ4v) is 3.83. The first-order valence-corrected chi connectivity index (χ1v) is 9.03. The molecule has 0 unspecified atom stereocenters. The van der Waals surface area contributed by atoms with Crippen LogP contribution >= 0.6 is 0 Å². The molecule has 1 aromatic heterocycles. The Morgan fingerprint density at radius 3 is 2.46 bits per heavy atom. The third-order valence-electron chi connectivity index (χ3n) is 5.48. The zero-order chi connectivity index (χ0) is 19.0. The van der Waals surface area contributed by atoms with Crippen molar-refractivity contribution in [2.24, 2.45) is 7.05 Å². The van der Waals surface area contributed by atoms with Crippen molar-refractivity contribution in [1.29, 1.82) is 0 Å². The Kier molecular flexibility index (Phi) is 5.16. The molecule has 140 valence electrons. The predicted octanol–water partition coefficient (Wildman–Crippen LogP) is 1.94. The smallest absolute Gasteiger partial charge is 0.224 e. The average Bonchev–Trinajstić information content (AvgIpc) is 3.01. The molecule has 1 aliphatic rings. The Labute approximate surface area is 154 Å². The van der Waals surface area contributed by atoms with Crippen LogP contribution in [0.15, 0.2) is 24.3 Å². The van der Waals surface area contributed by atoms with Crippen molar-refractivity contribution in [3.8, 4) is 0 Å². The second kappa shape index (κ2) is 7.21. The molecule has 3 rings (SSSR count). The summed E-state index contributed by atoms with van der Waals surface area (Å²) < 4.78 is 1.86. The van der Waals surface area contributed by atoms with Gasteiger partial charge in [-0.1, -0.05) is 29.8 Å². The van der Waals surface area contributed by atoms with Crippen molar-refractivity contribution in [1.82, 2.24) is 20.0 Å². The highest BCUT2D eigenvalue weighted by Gasteiger charge is 2.41. The van der Waals surface area contributed by atoms with Gasteiger partial charge < -0.3 is 15.3 Å². The molecule has 1 aliphatic heterocycles. The summed E-state index contributed by atoms with van der Waals surface area (Å²) in [6.07, 6.45) is -0.177. The Hall–Kier alpha value is -2.18. The molecule has 0 radical (unpaired) electrons. The van der Waals surface area contributed by atoms with Crippen LogP contribution in [0.2, 0.25) is 0 Å². The zero-order valence-electron chi connectivity index (χ0n) is 16.2. The Morgan fingerprint density at radius 2 is 1.88 bits per heavy atom. The number of hydrogen-bond donors (Lipinski definition) is 2. The van der Waals surface area contributed by atoms with Gasteiger partial charge in [0.2, 0.25) is 5.91 Å². The van der Waals surface area contributed by atoms with Crippen LogP contribution in [0, 0.1) is 20.8 Å². The molecule has 1 amide bonds. The summed E-state index contributed by atoms with van der Waals surface area (Å²) in [5.74, 6) is 0.111. The van der Waals surface area contributed by atoms with Crippen molar-refractivity contribution in [3.05, 3.63) is 52.3 Å². The van der Waals surface area contributed by atoms with Crippen molar-refractivity contribution in [2.45, 2.75) is 45.4 Å². The maximum atomic E-state index is 12.3. The summed E-state index contributed by atoms with van der Waals surface area (Å²) in [7, 11) is 3.77. The predicted molar refractivity (Wildman–Crippen MR) is 101 cm³/mol. The molecule has 1 saturated heterocycles. The van der Waals surface area contributed by atoms with Crippen LogP contribution in [-0.2, 0) is 11.8 Å². The summed E-state index contributed by atoms with van der Waals surface area (Å²) in [6.45, 7) is 6.45. The number of amides is 1. The van der Waals surface area contributed by atoms with Gasteiger partial charge in [0.25, 0.3) is 0 Å². The van der Waals surface area contributed by atoms with Crippen LogP contribution in [0.4, 0.5) is 0 Å². The van der Waals surface area contributed by atoms with E-state index in [1.165, 1.54) is 5.56 Å². The fourth-order valence-electron chi connectivity index (χ4n) is 3.83.